The van der Waals surface area contributed by atoms with E-state index in [-0.39, 0.29) is 5.54 Å². The zero-order chi connectivity index (χ0) is 13.9. The van der Waals surface area contributed by atoms with Gasteiger partial charge in [0.15, 0.2) is 5.96 Å². The SMILES string of the molecule is Cc1nn(C)c(C)c1CCN=C(N)NC(C)(C)C. The number of nitrogens with zero attached hydrogens (tertiary/aromatic N) is 3. The van der Waals surface area contributed by atoms with Gasteiger partial charge in [0.05, 0.1) is 5.69 Å². The van der Waals surface area contributed by atoms with Crippen molar-refractivity contribution in [1.82, 2.24) is 15.1 Å². The first-order valence-electron chi connectivity index (χ1n) is 6.28. The third kappa shape index (κ3) is 4.05. The van der Waals surface area contributed by atoms with E-state index in [0.29, 0.717) is 12.5 Å². The number of aryl methyl sites for hydroxylation is 2. The number of aliphatic imine (C=N–C) groups is 1. The Labute approximate surface area is 109 Å². The number of nitrogens with two attached hydrogens (primary N) is 1. The first-order chi connectivity index (χ1) is 8.20. The van der Waals surface area contributed by atoms with Gasteiger partial charge in [-0.15, -0.1) is 0 Å². The van der Waals surface area contributed by atoms with E-state index in [9.17, 15) is 0 Å². The molecule has 0 aliphatic heterocycles. The molecule has 5 heteroatoms. The normalized spacial score (nSPS) is 12.9. The molecule has 18 heavy (non-hydrogen) atoms. The van der Waals surface area contributed by atoms with Gasteiger partial charge >= 0.3 is 0 Å². The topological polar surface area (TPSA) is 68.2 Å². The average molecular weight is 251 g/mol. The lowest BCUT2D eigenvalue weighted by Crippen LogP contribution is -2.45. The maximum Gasteiger partial charge on any atom is 0.188 e. The highest BCUT2D eigenvalue weighted by Crippen LogP contribution is 2.12. The summed E-state index contributed by atoms with van der Waals surface area (Å²) in [5.74, 6) is 0.502. The molecule has 0 atom stereocenters. The van der Waals surface area contributed by atoms with Crippen LogP contribution in [-0.2, 0) is 13.5 Å². The average Bonchev–Trinajstić information content (AvgIpc) is 2.41. The van der Waals surface area contributed by atoms with Gasteiger partial charge in [0.1, 0.15) is 0 Å². The molecule has 0 unspecified atom stereocenters. The summed E-state index contributed by atoms with van der Waals surface area (Å²) >= 11 is 0. The number of guanidine groups is 1. The van der Waals surface area contributed by atoms with E-state index in [1.807, 2.05) is 18.7 Å². The number of rotatable bonds is 3. The molecule has 0 fully saturated rings. The molecule has 0 saturated heterocycles. The number of aromatic nitrogens is 2. The zero-order valence-corrected chi connectivity index (χ0v) is 12.3. The summed E-state index contributed by atoms with van der Waals surface area (Å²) in [6.07, 6.45) is 0.873. The van der Waals surface area contributed by atoms with E-state index >= 15 is 0 Å². The van der Waals surface area contributed by atoms with Crippen molar-refractivity contribution >= 4 is 5.96 Å². The summed E-state index contributed by atoms with van der Waals surface area (Å²) in [6.45, 7) is 11.0. The van der Waals surface area contributed by atoms with Crippen molar-refractivity contribution in [2.45, 2.75) is 46.6 Å². The summed E-state index contributed by atoms with van der Waals surface area (Å²) in [7, 11) is 1.96. The quantitative estimate of drug-likeness (QED) is 0.628. The van der Waals surface area contributed by atoms with E-state index < -0.39 is 0 Å². The number of hydrogen-bond donors (Lipinski definition) is 2. The van der Waals surface area contributed by atoms with Crippen LogP contribution in [-0.4, -0.2) is 27.8 Å². The summed E-state index contributed by atoms with van der Waals surface area (Å²) in [4.78, 5) is 4.34. The lowest BCUT2D eigenvalue weighted by molar-refractivity contribution is 0.508. The smallest absolute Gasteiger partial charge is 0.188 e. The van der Waals surface area contributed by atoms with Crippen molar-refractivity contribution in [3.8, 4) is 0 Å². The van der Waals surface area contributed by atoms with Gasteiger partial charge in [-0.2, -0.15) is 5.10 Å². The Morgan fingerprint density at radius 2 is 2.00 bits per heavy atom. The second kappa shape index (κ2) is 5.42. The molecular formula is C13H25N5. The molecule has 1 rings (SSSR count). The molecule has 5 nitrogen and oxygen atoms in total. The Hall–Kier alpha value is -1.52. The highest BCUT2D eigenvalue weighted by atomic mass is 15.3. The summed E-state index contributed by atoms with van der Waals surface area (Å²) in [5, 5.41) is 7.54. The molecule has 3 N–H and O–H groups in total. The van der Waals surface area contributed by atoms with Crippen LogP contribution in [0.25, 0.3) is 0 Å². The Kier molecular flexibility index (Phi) is 4.38. The van der Waals surface area contributed by atoms with Crippen LogP contribution >= 0.6 is 0 Å². The summed E-state index contributed by atoms with van der Waals surface area (Å²) in [6, 6.07) is 0. The lowest BCUT2D eigenvalue weighted by atomic mass is 10.1. The van der Waals surface area contributed by atoms with Crippen LogP contribution in [0.15, 0.2) is 4.99 Å². The van der Waals surface area contributed by atoms with Crippen molar-refractivity contribution in [3.05, 3.63) is 17.0 Å². The largest absolute Gasteiger partial charge is 0.370 e. The minimum absolute atomic E-state index is 0.0479. The van der Waals surface area contributed by atoms with Gasteiger partial charge in [-0.1, -0.05) is 0 Å². The molecule has 0 radical (unpaired) electrons. The second-order valence-electron chi connectivity index (χ2n) is 5.66. The molecule has 0 aliphatic rings. The van der Waals surface area contributed by atoms with Gasteiger partial charge in [0.25, 0.3) is 0 Å². The van der Waals surface area contributed by atoms with Crippen molar-refractivity contribution in [2.75, 3.05) is 6.54 Å². The third-order valence-electron chi connectivity index (χ3n) is 2.81. The minimum Gasteiger partial charge on any atom is -0.370 e. The molecule has 0 aromatic carbocycles. The number of nitrogens with one attached hydrogen (secondary N) is 1. The van der Waals surface area contributed by atoms with E-state index in [1.165, 1.54) is 11.3 Å². The molecule has 1 heterocycles. The third-order valence-corrected chi connectivity index (χ3v) is 2.81. The Morgan fingerprint density at radius 3 is 2.44 bits per heavy atom. The highest BCUT2D eigenvalue weighted by molar-refractivity contribution is 5.78. The molecule has 0 spiro atoms. The maximum absolute atomic E-state index is 5.82. The predicted molar refractivity (Wildman–Crippen MR) is 75.8 cm³/mol. The van der Waals surface area contributed by atoms with E-state index in [1.54, 1.807) is 0 Å². The second-order valence-corrected chi connectivity index (χ2v) is 5.66. The van der Waals surface area contributed by atoms with Crippen LogP contribution in [0.2, 0.25) is 0 Å². The minimum atomic E-state index is -0.0479. The van der Waals surface area contributed by atoms with Crippen LogP contribution in [0.1, 0.15) is 37.7 Å². The molecule has 1 aromatic heterocycles. The standard InChI is InChI=1S/C13H25N5/c1-9-11(10(2)18(6)17-9)7-8-15-12(14)16-13(3,4)5/h7-8H2,1-6H3,(H3,14,15,16). The Bertz CT molecular complexity index is 437. The van der Waals surface area contributed by atoms with Crippen molar-refractivity contribution in [3.63, 3.8) is 0 Å². The number of hydrogen-bond acceptors (Lipinski definition) is 2. The van der Waals surface area contributed by atoms with Gasteiger partial charge in [0, 0.05) is 24.8 Å². The molecule has 0 saturated carbocycles. The zero-order valence-electron chi connectivity index (χ0n) is 12.3. The fraction of sp³-hybridized carbons (Fsp3) is 0.692. The molecule has 0 aliphatic carbocycles. The predicted octanol–water partition coefficient (Wildman–Crippen LogP) is 1.28. The van der Waals surface area contributed by atoms with Gasteiger partial charge in [-0.05, 0) is 46.6 Å². The molecule has 0 bridgehead atoms. The van der Waals surface area contributed by atoms with Crippen molar-refractivity contribution < 1.29 is 0 Å². The lowest BCUT2D eigenvalue weighted by Gasteiger charge is -2.20. The van der Waals surface area contributed by atoms with Crippen molar-refractivity contribution in [1.29, 1.82) is 0 Å². The van der Waals surface area contributed by atoms with Crippen LogP contribution in [0.3, 0.4) is 0 Å². The highest BCUT2D eigenvalue weighted by Gasteiger charge is 2.11. The van der Waals surface area contributed by atoms with Gasteiger partial charge < -0.3 is 11.1 Å². The van der Waals surface area contributed by atoms with E-state index in [4.69, 9.17) is 5.73 Å². The van der Waals surface area contributed by atoms with Gasteiger partial charge in [-0.25, -0.2) is 0 Å². The van der Waals surface area contributed by atoms with Crippen LogP contribution in [0, 0.1) is 13.8 Å². The Morgan fingerprint density at radius 1 is 1.39 bits per heavy atom. The molecule has 0 amide bonds. The summed E-state index contributed by atoms with van der Waals surface area (Å²) < 4.78 is 1.91. The van der Waals surface area contributed by atoms with Gasteiger partial charge in [-0.3, -0.25) is 9.67 Å². The molecule has 102 valence electrons. The molecule has 1 aromatic rings. The Balaban J connectivity index is 2.58. The van der Waals surface area contributed by atoms with E-state index in [0.717, 1.165) is 12.1 Å². The van der Waals surface area contributed by atoms with Crippen LogP contribution < -0.4 is 11.1 Å². The van der Waals surface area contributed by atoms with Gasteiger partial charge in [0.2, 0.25) is 0 Å². The van der Waals surface area contributed by atoms with Crippen molar-refractivity contribution in [2.24, 2.45) is 17.8 Å². The first kappa shape index (κ1) is 14.5. The molecular weight excluding hydrogens is 226 g/mol. The van der Waals surface area contributed by atoms with Crippen LogP contribution in [0.5, 0.6) is 0 Å². The van der Waals surface area contributed by atoms with Crippen LogP contribution in [0.4, 0.5) is 0 Å². The summed E-state index contributed by atoms with van der Waals surface area (Å²) in [5.41, 5.74) is 9.32. The fourth-order valence-electron chi connectivity index (χ4n) is 1.89. The fourth-order valence-corrected chi connectivity index (χ4v) is 1.89. The maximum atomic E-state index is 5.82. The van der Waals surface area contributed by atoms with E-state index in [2.05, 4.69) is 43.1 Å². The first-order valence-corrected chi connectivity index (χ1v) is 6.28. The monoisotopic (exact) mass is 251 g/mol.